The molecule has 1 amide bonds. The van der Waals surface area contributed by atoms with Gasteiger partial charge in [-0.05, 0) is 36.6 Å². The Kier molecular flexibility index (Phi) is 4.17. The van der Waals surface area contributed by atoms with Crippen molar-refractivity contribution in [2.45, 2.75) is 25.3 Å². The standard InChI is InChI=1S/C19H20N2O4/c22-19(16-5-1-2-10-21(16)23)20-9-3-6-15(20)14-7-8-17-18(13-14)25-12-4-11-24-17/h1-2,5,7-8,10,13,15H,3-4,6,9,11-12H2. The van der Waals surface area contributed by atoms with Crippen molar-refractivity contribution in [2.75, 3.05) is 19.8 Å². The lowest BCUT2D eigenvalue weighted by molar-refractivity contribution is -0.608. The summed E-state index contributed by atoms with van der Waals surface area (Å²) in [5, 5.41) is 11.9. The summed E-state index contributed by atoms with van der Waals surface area (Å²) in [6, 6.07) is 10.7. The number of likely N-dealkylation sites (tertiary alicyclic amines) is 1. The topological polar surface area (TPSA) is 65.7 Å². The molecule has 25 heavy (non-hydrogen) atoms. The quantitative estimate of drug-likeness (QED) is 0.622. The second-order valence-corrected chi connectivity index (χ2v) is 6.32. The van der Waals surface area contributed by atoms with E-state index in [0.29, 0.717) is 24.5 Å². The molecule has 0 bridgehead atoms. The minimum Gasteiger partial charge on any atom is -0.618 e. The Hall–Kier alpha value is -2.76. The molecule has 3 heterocycles. The summed E-state index contributed by atoms with van der Waals surface area (Å²) in [6.45, 7) is 1.93. The zero-order valence-electron chi connectivity index (χ0n) is 13.9. The van der Waals surface area contributed by atoms with Gasteiger partial charge in [-0.15, -0.1) is 0 Å². The van der Waals surface area contributed by atoms with Crippen LogP contribution in [0, 0.1) is 5.21 Å². The van der Waals surface area contributed by atoms with Gasteiger partial charge in [0.15, 0.2) is 17.7 Å². The molecule has 2 aliphatic rings. The van der Waals surface area contributed by atoms with Crippen LogP contribution in [-0.2, 0) is 0 Å². The van der Waals surface area contributed by atoms with Crippen molar-refractivity contribution in [3.8, 4) is 11.5 Å². The normalized spacial score (nSPS) is 19.5. The third-order valence-electron chi connectivity index (χ3n) is 4.71. The van der Waals surface area contributed by atoms with Crippen LogP contribution >= 0.6 is 0 Å². The number of pyridine rings is 1. The van der Waals surface area contributed by atoms with Crippen molar-refractivity contribution in [2.24, 2.45) is 0 Å². The molecular weight excluding hydrogens is 320 g/mol. The van der Waals surface area contributed by atoms with Crippen LogP contribution in [0.15, 0.2) is 42.6 Å². The van der Waals surface area contributed by atoms with Gasteiger partial charge in [-0.3, -0.25) is 4.79 Å². The lowest BCUT2D eigenvalue weighted by Gasteiger charge is -2.25. The van der Waals surface area contributed by atoms with Gasteiger partial charge in [0.25, 0.3) is 5.69 Å². The monoisotopic (exact) mass is 340 g/mol. The van der Waals surface area contributed by atoms with Crippen LogP contribution in [-0.4, -0.2) is 30.6 Å². The Morgan fingerprint density at radius 1 is 1.12 bits per heavy atom. The maximum atomic E-state index is 12.8. The summed E-state index contributed by atoms with van der Waals surface area (Å²) >= 11 is 0. The maximum absolute atomic E-state index is 12.8. The molecule has 1 fully saturated rings. The summed E-state index contributed by atoms with van der Waals surface area (Å²) < 4.78 is 12.1. The second kappa shape index (κ2) is 6.63. The predicted molar refractivity (Wildman–Crippen MR) is 90.5 cm³/mol. The van der Waals surface area contributed by atoms with Crippen LogP contribution in [0.3, 0.4) is 0 Å². The van der Waals surface area contributed by atoms with Crippen molar-refractivity contribution in [3.63, 3.8) is 0 Å². The van der Waals surface area contributed by atoms with E-state index in [1.54, 1.807) is 23.1 Å². The number of hydrogen-bond acceptors (Lipinski definition) is 4. The second-order valence-electron chi connectivity index (χ2n) is 6.32. The van der Waals surface area contributed by atoms with Crippen LogP contribution < -0.4 is 14.2 Å². The first-order chi connectivity index (χ1) is 12.2. The number of ether oxygens (including phenoxy) is 2. The summed E-state index contributed by atoms with van der Waals surface area (Å²) in [7, 11) is 0. The molecule has 6 heteroatoms. The number of benzene rings is 1. The minimum absolute atomic E-state index is 0.0511. The number of rotatable bonds is 2. The van der Waals surface area contributed by atoms with Crippen molar-refractivity contribution < 1.29 is 19.0 Å². The van der Waals surface area contributed by atoms with E-state index in [1.807, 2.05) is 18.2 Å². The first kappa shape index (κ1) is 15.7. The van der Waals surface area contributed by atoms with E-state index in [4.69, 9.17) is 9.47 Å². The predicted octanol–water partition coefficient (Wildman–Crippen LogP) is 2.46. The van der Waals surface area contributed by atoms with Gasteiger partial charge in [0, 0.05) is 25.1 Å². The summed E-state index contributed by atoms with van der Waals surface area (Å²) in [6.07, 6.45) is 4.00. The summed E-state index contributed by atoms with van der Waals surface area (Å²) in [5.41, 5.74) is 1.17. The number of aromatic nitrogens is 1. The highest BCUT2D eigenvalue weighted by Crippen LogP contribution is 2.38. The average molecular weight is 340 g/mol. The van der Waals surface area contributed by atoms with Gasteiger partial charge < -0.3 is 19.6 Å². The van der Waals surface area contributed by atoms with E-state index < -0.39 is 0 Å². The molecule has 0 spiro atoms. The molecular formula is C19H20N2O4. The van der Waals surface area contributed by atoms with Gasteiger partial charge in [-0.25, -0.2) is 0 Å². The van der Waals surface area contributed by atoms with E-state index in [1.165, 1.54) is 6.20 Å². The maximum Gasteiger partial charge on any atom is 0.320 e. The number of amides is 1. The van der Waals surface area contributed by atoms with Crippen molar-refractivity contribution in [1.29, 1.82) is 0 Å². The van der Waals surface area contributed by atoms with E-state index in [0.717, 1.165) is 36.3 Å². The number of nitrogens with zero attached hydrogens (tertiary/aromatic N) is 2. The molecule has 0 N–H and O–H groups in total. The van der Waals surface area contributed by atoms with E-state index >= 15 is 0 Å². The largest absolute Gasteiger partial charge is 0.618 e. The lowest BCUT2D eigenvalue weighted by Crippen LogP contribution is -2.41. The minimum atomic E-state index is -0.231. The van der Waals surface area contributed by atoms with Crippen LogP contribution in [0.1, 0.15) is 41.4 Å². The highest BCUT2D eigenvalue weighted by atomic mass is 16.5. The smallest absolute Gasteiger partial charge is 0.320 e. The Morgan fingerprint density at radius 3 is 2.80 bits per heavy atom. The van der Waals surface area contributed by atoms with Crippen LogP contribution in [0.25, 0.3) is 0 Å². The van der Waals surface area contributed by atoms with Crippen LogP contribution in [0.2, 0.25) is 0 Å². The molecule has 0 radical (unpaired) electrons. The summed E-state index contributed by atoms with van der Waals surface area (Å²) in [5.74, 6) is 1.25. The van der Waals surface area contributed by atoms with Gasteiger partial charge in [0.1, 0.15) is 0 Å². The Labute approximate surface area is 146 Å². The third kappa shape index (κ3) is 2.99. The van der Waals surface area contributed by atoms with Gasteiger partial charge >= 0.3 is 5.91 Å². The zero-order valence-corrected chi connectivity index (χ0v) is 13.9. The first-order valence-corrected chi connectivity index (χ1v) is 8.63. The van der Waals surface area contributed by atoms with Crippen molar-refractivity contribution >= 4 is 5.91 Å². The SMILES string of the molecule is O=C(c1cccc[n+]1[O-])N1CCCC1c1ccc2c(c1)OCCCO2. The van der Waals surface area contributed by atoms with E-state index in [-0.39, 0.29) is 17.6 Å². The highest BCUT2D eigenvalue weighted by Gasteiger charge is 2.34. The van der Waals surface area contributed by atoms with Crippen LogP contribution in [0.4, 0.5) is 0 Å². The fourth-order valence-electron chi connectivity index (χ4n) is 3.48. The fourth-order valence-corrected chi connectivity index (χ4v) is 3.48. The molecule has 0 aliphatic carbocycles. The van der Waals surface area contributed by atoms with E-state index in [9.17, 15) is 10.0 Å². The van der Waals surface area contributed by atoms with Gasteiger partial charge in [0.2, 0.25) is 0 Å². The number of fused-ring (bicyclic) bond motifs is 1. The molecule has 0 saturated carbocycles. The number of hydrogen-bond donors (Lipinski definition) is 0. The van der Waals surface area contributed by atoms with Gasteiger partial charge in [-0.1, -0.05) is 6.07 Å². The van der Waals surface area contributed by atoms with Gasteiger partial charge in [0.05, 0.1) is 19.3 Å². The molecule has 6 nitrogen and oxygen atoms in total. The Balaban J connectivity index is 1.63. The molecule has 4 rings (SSSR count). The molecule has 130 valence electrons. The molecule has 1 atom stereocenters. The Bertz CT molecular complexity index is 793. The Morgan fingerprint density at radius 2 is 1.96 bits per heavy atom. The molecule has 1 saturated heterocycles. The lowest BCUT2D eigenvalue weighted by atomic mass is 10.0. The average Bonchev–Trinajstić information content (AvgIpc) is 3.00. The zero-order chi connectivity index (χ0) is 17.2. The van der Waals surface area contributed by atoms with Crippen molar-refractivity contribution in [3.05, 3.63) is 59.1 Å². The fraction of sp³-hybridized carbons (Fsp3) is 0.368. The number of carbonyl (C=O) groups excluding carboxylic acids is 1. The third-order valence-corrected chi connectivity index (χ3v) is 4.71. The molecule has 1 aromatic heterocycles. The van der Waals surface area contributed by atoms with Gasteiger partial charge in [-0.2, -0.15) is 4.73 Å². The first-order valence-electron chi connectivity index (χ1n) is 8.63. The molecule has 2 aliphatic heterocycles. The highest BCUT2D eigenvalue weighted by molar-refractivity contribution is 5.91. The molecule has 2 aromatic rings. The molecule has 1 unspecified atom stereocenters. The van der Waals surface area contributed by atoms with Crippen molar-refractivity contribution in [1.82, 2.24) is 4.90 Å². The summed E-state index contributed by atoms with van der Waals surface area (Å²) in [4.78, 5) is 14.6. The van der Waals surface area contributed by atoms with Crippen LogP contribution in [0.5, 0.6) is 11.5 Å². The number of carbonyl (C=O) groups is 1. The van der Waals surface area contributed by atoms with E-state index in [2.05, 4.69) is 0 Å². The molecule has 1 aromatic carbocycles.